The Bertz CT molecular complexity index is 351. The summed E-state index contributed by atoms with van der Waals surface area (Å²) in [5.41, 5.74) is -1.85. The number of ketones is 1. The fourth-order valence-electron chi connectivity index (χ4n) is 2.60. The molecule has 1 atom stereocenters. The molecule has 0 saturated carbocycles. The molecule has 0 aromatic carbocycles. The molecule has 0 spiro atoms. The second kappa shape index (κ2) is 9.92. The molecule has 0 fully saturated rings. The van der Waals surface area contributed by atoms with E-state index >= 15 is 0 Å². The van der Waals surface area contributed by atoms with Crippen molar-refractivity contribution in [2.45, 2.75) is 57.0 Å². The van der Waals surface area contributed by atoms with E-state index in [1.807, 2.05) is 0 Å². The molecular formula is C16H31NO5. The zero-order valence-corrected chi connectivity index (χ0v) is 14.1. The number of hydrogen-bond acceptors (Lipinski definition) is 5. The average molecular weight is 317 g/mol. The highest BCUT2D eigenvalue weighted by Crippen LogP contribution is 2.19. The Morgan fingerprint density at radius 2 is 1.50 bits per heavy atom. The number of likely N-dealkylation sites (N-methyl/N-ethyl adjacent to an activating group) is 1. The molecule has 0 aliphatic heterocycles. The van der Waals surface area contributed by atoms with E-state index in [-0.39, 0.29) is 19.6 Å². The molecule has 130 valence electrons. The minimum Gasteiger partial charge on any atom is -0.550 e. The fourth-order valence-corrected chi connectivity index (χ4v) is 2.60. The van der Waals surface area contributed by atoms with Crippen molar-refractivity contribution >= 4 is 11.8 Å². The van der Waals surface area contributed by atoms with Gasteiger partial charge in [-0.25, -0.2) is 0 Å². The number of hydrogen-bond donors (Lipinski definition) is 2. The molecule has 6 nitrogen and oxygen atoms in total. The van der Waals surface area contributed by atoms with E-state index in [0.717, 1.165) is 32.1 Å². The van der Waals surface area contributed by atoms with E-state index in [1.54, 1.807) is 21.1 Å². The number of Topliss-reactive ketones (excluding diaryl/α,β-unsaturated/α-hetero) is 1. The van der Waals surface area contributed by atoms with Crippen molar-refractivity contribution in [1.29, 1.82) is 0 Å². The quantitative estimate of drug-likeness (QED) is 0.364. The lowest BCUT2D eigenvalue weighted by Gasteiger charge is -2.34. The number of rotatable bonds is 13. The van der Waals surface area contributed by atoms with E-state index in [9.17, 15) is 19.8 Å². The van der Waals surface area contributed by atoms with Crippen LogP contribution in [0, 0.1) is 0 Å². The van der Waals surface area contributed by atoms with Gasteiger partial charge in [0.2, 0.25) is 0 Å². The Kier molecular flexibility index (Phi) is 9.48. The van der Waals surface area contributed by atoms with Crippen molar-refractivity contribution in [2.24, 2.45) is 0 Å². The standard InChI is InChI=1S/C16H31NO5/c1-17(2,3)13-16(22,12-15(20)21)14(19)10-8-6-4-5-7-9-11-18/h18,22H,4-13H2,1-3H3. The Balaban J connectivity index is 4.31. The van der Waals surface area contributed by atoms with Crippen molar-refractivity contribution in [3.05, 3.63) is 0 Å². The Labute approximate surface area is 133 Å². The van der Waals surface area contributed by atoms with Gasteiger partial charge in [-0.15, -0.1) is 0 Å². The van der Waals surface area contributed by atoms with Gasteiger partial charge in [0, 0.05) is 25.4 Å². The van der Waals surface area contributed by atoms with Crippen LogP contribution >= 0.6 is 0 Å². The second-order valence-corrected chi connectivity index (χ2v) is 7.05. The molecule has 0 aromatic rings. The van der Waals surface area contributed by atoms with Crippen LogP contribution in [0.4, 0.5) is 0 Å². The van der Waals surface area contributed by atoms with E-state index in [0.29, 0.717) is 10.9 Å². The number of aliphatic carboxylic acids is 1. The van der Waals surface area contributed by atoms with Gasteiger partial charge in [0.05, 0.1) is 21.1 Å². The number of quaternary nitrogens is 1. The average Bonchev–Trinajstić information content (AvgIpc) is 2.34. The van der Waals surface area contributed by atoms with Crippen molar-refractivity contribution in [3.8, 4) is 0 Å². The first-order valence-corrected chi connectivity index (χ1v) is 7.97. The van der Waals surface area contributed by atoms with Crippen molar-refractivity contribution < 1.29 is 29.4 Å². The molecule has 0 saturated heterocycles. The van der Waals surface area contributed by atoms with Crippen LogP contribution in [0.2, 0.25) is 0 Å². The van der Waals surface area contributed by atoms with Gasteiger partial charge in [-0.3, -0.25) is 4.79 Å². The Hall–Kier alpha value is -0.980. The lowest BCUT2D eigenvalue weighted by atomic mass is 9.89. The third-order valence-electron chi connectivity index (χ3n) is 3.50. The normalized spacial score (nSPS) is 14.6. The number of carbonyl (C=O) groups is 2. The third kappa shape index (κ3) is 9.87. The number of carboxylic acids is 1. The number of nitrogens with zero attached hydrogens (tertiary/aromatic N) is 1. The highest BCUT2D eigenvalue weighted by Gasteiger charge is 2.40. The van der Waals surface area contributed by atoms with Crippen molar-refractivity contribution in [1.82, 2.24) is 0 Å². The highest BCUT2D eigenvalue weighted by atomic mass is 16.4. The molecule has 0 aliphatic rings. The fraction of sp³-hybridized carbons (Fsp3) is 0.875. The molecule has 6 heteroatoms. The van der Waals surface area contributed by atoms with Gasteiger partial charge in [-0.2, -0.15) is 0 Å². The smallest absolute Gasteiger partial charge is 0.177 e. The maximum absolute atomic E-state index is 12.2. The van der Waals surface area contributed by atoms with Gasteiger partial charge in [0.15, 0.2) is 11.4 Å². The lowest BCUT2D eigenvalue weighted by Crippen LogP contribution is -2.56. The molecule has 2 N–H and O–H groups in total. The third-order valence-corrected chi connectivity index (χ3v) is 3.50. The van der Waals surface area contributed by atoms with Gasteiger partial charge in [-0.05, 0) is 12.8 Å². The molecule has 0 aliphatic carbocycles. The summed E-state index contributed by atoms with van der Waals surface area (Å²) in [5.74, 6) is -1.83. The van der Waals surface area contributed by atoms with Crippen LogP contribution < -0.4 is 5.11 Å². The number of aliphatic hydroxyl groups excluding tert-OH is 1. The molecule has 0 bridgehead atoms. The van der Waals surface area contributed by atoms with Crippen LogP contribution in [-0.4, -0.2) is 66.3 Å². The maximum atomic E-state index is 12.2. The Morgan fingerprint density at radius 3 is 1.95 bits per heavy atom. The zero-order valence-electron chi connectivity index (χ0n) is 14.1. The molecular weight excluding hydrogens is 286 g/mol. The summed E-state index contributed by atoms with van der Waals surface area (Å²) in [4.78, 5) is 23.1. The van der Waals surface area contributed by atoms with Gasteiger partial charge in [-0.1, -0.05) is 25.7 Å². The number of aliphatic hydroxyl groups is 2. The predicted octanol–water partition coefficient (Wildman–Crippen LogP) is -0.144. The van der Waals surface area contributed by atoms with E-state index in [2.05, 4.69) is 0 Å². The van der Waals surface area contributed by atoms with Gasteiger partial charge in [0.25, 0.3) is 0 Å². The molecule has 1 unspecified atom stereocenters. The summed E-state index contributed by atoms with van der Waals surface area (Å²) in [6, 6.07) is 0. The molecule has 0 aromatic heterocycles. The predicted molar refractivity (Wildman–Crippen MR) is 81.9 cm³/mol. The largest absolute Gasteiger partial charge is 0.550 e. The summed E-state index contributed by atoms with van der Waals surface area (Å²) in [6.45, 7) is 0.260. The minimum absolute atomic E-state index is 0.0519. The van der Waals surface area contributed by atoms with Gasteiger partial charge < -0.3 is 24.6 Å². The van der Waals surface area contributed by atoms with Crippen molar-refractivity contribution in [3.63, 3.8) is 0 Å². The first kappa shape index (κ1) is 21.0. The van der Waals surface area contributed by atoms with Crippen LogP contribution in [0.5, 0.6) is 0 Å². The number of carboxylic acid groups (broad SMARTS) is 1. The van der Waals surface area contributed by atoms with Crippen LogP contribution in [0.3, 0.4) is 0 Å². The van der Waals surface area contributed by atoms with Crippen LogP contribution in [-0.2, 0) is 9.59 Å². The van der Waals surface area contributed by atoms with Gasteiger partial charge in [0.1, 0.15) is 6.54 Å². The lowest BCUT2D eigenvalue weighted by molar-refractivity contribution is -0.875. The molecule has 0 radical (unpaired) electrons. The molecule has 0 rings (SSSR count). The summed E-state index contributed by atoms with van der Waals surface area (Å²) in [6.07, 6.45) is 4.79. The van der Waals surface area contributed by atoms with Gasteiger partial charge >= 0.3 is 0 Å². The van der Waals surface area contributed by atoms with Crippen LogP contribution in [0.15, 0.2) is 0 Å². The van der Waals surface area contributed by atoms with E-state index in [4.69, 9.17) is 5.11 Å². The zero-order chi connectivity index (χ0) is 17.2. The first-order valence-electron chi connectivity index (χ1n) is 7.97. The highest BCUT2D eigenvalue weighted by molar-refractivity contribution is 5.90. The van der Waals surface area contributed by atoms with Crippen LogP contribution in [0.1, 0.15) is 51.4 Å². The Morgan fingerprint density at radius 1 is 1.00 bits per heavy atom. The van der Waals surface area contributed by atoms with E-state index in [1.165, 1.54) is 0 Å². The molecule has 22 heavy (non-hydrogen) atoms. The second-order valence-electron chi connectivity index (χ2n) is 7.05. The van der Waals surface area contributed by atoms with Crippen molar-refractivity contribution in [2.75, 3.05) is 34.3 Å². The van der Waals surface area contributed by atoms with E-state index < -0.39 is 23.8 Å². The topological polar surface area (TPSA) is 97.7 Å². The summed E-state index contributed by atoms with van der Waals surface area (Å²) >= 11 is 0. The summed E-state index contributed by atoms with van der Waals surface area (Å²) < 4.78 is 0.302. The number of carbonyl (C=O) groups excluding carboxylic acids is 2. The minimum atomic E-state index is -1.85. The maximum Gasteiger partial charge on any atom is 0.177 e. The first-order chi connectivity index (χ1) is 10.1. The molecule has 0 amide bonds. The van der Waals surface area contributed by atoms with Crippen LogP contribution in [0.25, 0.3) is 0 Å². The summed E-state index contributed by atoms with van der Waals surface area (Å²) in [7, 11) is 5.40. The number of unbranched alkanes of at least 4 members (excludes halogenated alkanes) is 5. The monoisotopic (exact) mass is 317 g/mol. The molecule has 0 heterocycles. The SMILES string of the molecule is C[N+](C)(C)CC(O)(CC(=O)[O-])C(=O)CCCCCCCCO. The summed E-state index contributed by atoms with van der Waals surface area (Å²) in [5, 5.41) is 29.9.